The lowest BCUT2D eigenvalue weighted by atomic mass is 9.84. The van der Waals surface area contributed by atoms with Gasteiger partial charge in [0.05, 0.1) is 185 Å². The molecular formula is C69H106N6O21. The van der Waals surface area contributed by atoms with Crippen LogP contribution in [0.5, 0.6) is 11.5 Å². The molecule has 96 heavy (non-hydrogen) atoms. The Bertz CT molecular complexity index is 2940. The number of hydrogen-bond donors (Lipinski definition) is 3. The van der Waals surface area contributed by atoms with Crippen molar-refractivity contribution in [2.75, 3.05) is 206 Å². The van der Waals surface area contributed by atoms with E-state index in [4.69, 9.17) is 80.9 Å². The molecule has 0 amide bonds. The van der Waals surface area contributed by atoms with Crippen molar-refractivity contribution in [1.82, 2.24) is 30.0 Å². The van der Waals surface area contributed by atoms with E-state index in [9.17, 15) is 19.8 Å². The van der Waals surface area contributed by atoms with E-state index in [2.05, 4.69) is 20.4 Å². The molecule has 538 valence electrons. The Morgan fingerprint density at radius 3 is 0.896 bits per heavy atom. The van der Waals surface area contributed by atoms with E-state index in [0.717, 1.165) is 44.3 Å². The van der Waals surface area contributed by atoms with Gasteiger partial charge in [-0.05, 0) is 71.2 Å². The molecule has 2 heterocycles. The van der Waals surface area contributed by atoms with Crippen molar-refractivity contribution in [1.29, 1.82) is 0 Å². The molecule has 6 rings (SSSR count). The van der Waals surface area contributed by atoms with E-state index in [0.29, 0.717) is 189 Å². The molecule has 0 aliphatic rings. The maximum atomic E-state index is 12.4. The number of rotatable bonds is 49. The maximum Gasteiger partial charge on any atom is 0.306 e. The van der Waals surface area contributed by atoms with Crippen molar-refractivity contribution in [2.45, 2.75) is 78.1 Å². The number of fused-ring (bicyclic) bond motifs is 2. The highest BCUT2D eigenvalue weighted by molar-refractivity contribution is 5.75. The summed E-state index contributed by atoms with van der Waals surface area (Å²) in [5.74, 6) is -0.312. The third kappa shape index (κ3) is 34.2. The first-order valence-corrected chi connectivity index (χ1v) is 32.6. The molecule has 0 unspecified atom stereocenters. The lowest BCUT2D eigenvalue weighted by molar-refractivity contribution is -0.145. The minimum absolute atomic E-state index is 0.0380. The molecule has 6 aromatic rings. The number of carbonyl (C=O) groups excluding carboxylic acids is 2. The molecule has 0 saturated carbocycles. The number of nitrogens with zero attached hydrogens (tertiary/aromatic N) is 6. The first-order valence-electron chi connectivity index (χ1n) is 32.6. The summed E-state index contributed by atoms with van der Waals surface area (Å²) in [5, 5.41) is 48.5. The van der Waals surface area contributed by atoms with Crippen LogP contribution in [0.25, 0.3) is 33.4 Å². The molecule has 2 aromatic heterocycles. The van der Waals surface area contributed by atoms with Crippen LogP contribution >= 0.6 is 0 Å². The van der Waals surface area contributed by atoms with Crippen LogP contribution in [0.1, 0.15) is 76.6 Å². The molecule has 0 aliphatic heterocycles. The Morgan fingerprint density at radius 1 is 0.375 bits per heavy atom. The van der Waals surface area contributed by atoms with Crippen LogP contribution in [-0.4, -0.2) is 264 Å². The number of phenolic OH excluding ortho intramolecular Hbond substituents is 2. The van der Waals surface area contributed by atoms with Crippen molar-refractivity contribution in [3.63, 3.8) is 0 Å². The van der Waals surface area contributed by atoms with E-state index in [1.165, 1.54) is 16.7 Å². The van der Waals surface area contributed by atoms with E-state index in [-0.39, 0.29) is 66.9 Å². The van der Waals surface area contributed by atoms with Crippen molar-refractivity contribution in [2.24, 2.45) is 0 Å². The van der Waals surface area contributed by atoms with Gasteiger partial charge in [-0.1, -0.05) is 77.9 Å². The van der Waals surface area contributed by atoms with Gasteiger partial charge in [0.15, 0.2) is 0 Å². The molecule has 4 aromatic carbocycles. The topological polar surface area (TPSA) is 304 Å². The number of aliphatic hydroxyl groups excluding tert-OH is 1. The summed E-state index contributed by atoms with van der Waals surface area (Å²) in [6, 6.07) is 22.6. The molecule has 27 heteroatoms. The van der Waals surface area contributed by atoms with Crippen LogP contribution in [0.2, 0.25) is 0 Å². The standard InChI is InChI=1S/C34H51N3O10.C20H23N3O3.C15H32O8/c1-34(2,3)28-25-27(26-31(33(28)39)37-35-29-7-5-6-8-30(29)36-37)9-10-32(38)47-24-23-46-22-21-45-20-19-44-18-17-43-16-15-42-14-13-41-12-11-40-4;1-20(2,3)14-11-13(9-10-18(24)26-4)12-17(19(14)25)23-21-15-7-5-6-8-16(15)22-23;1-17-4-5-19-8-9-21-12-13-23-15-14-22-11-10-20-7-6-18-3-2-16/h5-8,25-26,39H,9-24H2,1-4H3;5-8,11-12,25H,9-10H2,1-4H3;16H,2-15H2,1H3. The lowest BCUT2D eigenvalue weighted by Gasteiger charge is -2.23. The molecule has 0 spiro atoms. The summed E-state index contributed by atoms with van der Waals surface area (Å²) in [6.45, 7) is 25.4. The molecule has 0 fully saturated rings. The highest BCUT2D eigenvalue weighted by Crippen LogP contribution is 2.38. The number of aliphatic hydroxyl groups is 1. The molecule has 0 atom stereocenters. The predicted molar refractivity (Wildman–Crippen MR) is 359 cm³/mol. The number of ether oxygens (including phenoxy) is 16. The number of esters is 2. The van der Waals surface area contributed by atoms with Gasteiger partial charge in [-0.15, -0.1) is 30.0 Å². The lowest BCUT2D eigenvalue weighted by Crippen LogP contribution is -2.16. The van der Waals surface area contributed by atoms with E-state index < -0.39 is 0 Å². The molecule has 0 aliphatic carbocycles. The van der Waals surface area contributed by atoms with Crippen LogP contribution in [-0.2, 0) is 109 Å². The van der Waals surface area contributed by atoms with Gasteiger partial charge in [0.2, 0.25) is 0 Å². The van der Waals surface area contributed by atoms with Crippen molar-refractivity contribution >= 4 is 34.0 Å². The van der Waals surface area contributed by atoms with Crippen LogP contribution in [0.15, 0.2) is 72.8 Å². The van der Waals surface area contributed by atoms with E-state index in [1.807, 2.05) is 114 Å². The van der Waals surface area contributed by atoms with Crippen LogP contribution in [0, 0.1) is 0 Å². The average molecular weight is 1360 g/mol. The molecule has 3 N–H and O–H groups in total. The van der Waals surface area contributed by atoms with Gasteiger partial charge >= 0.3 is 11.9 Å². The normalized spacial score (nSPS) is 11.6. The number of aromatic nitrogens is 6. The molecule has 0 radical (unpaired) electrons. The van der Waals surface area contributed by atoms with Crippen molar-refractivity contribution < 1.29 is 101 Å². The number of methoxy groups -OCH3 is 3. The number of aryl methyl sites for hydroxylation is 2. The second-order valence-corrected chi connectivity index (χ2v) is 23.3. The number of phenols is 2. The van der Waals surface area contributed by atoms with Crippen LogP contribution in [0.4, 0.5) is 0 Å². The fourth-order valence-electron chi connectivity index (χ4n) is 8.66. The first-order chi connectivity index (χ1) is 46.5. The highest BCUT2D eigenvalue weighted by atomic mass is 16.6. The zero-order chi connectivity index (χ0) is 69.5. The fraction of sp³-hybridized carbons (Fsp3) is 0.623. The third-order valence-corrected chi connectivity index (χ3v) is 13.7. The van der Waals surface area contributed by atoms with Crippen molar-refractivity contribution in [3.05, 3.63) is 95.1 Å². The summed E-state index contributed by atoms with van der Waals surface area (Å²) < 4.78 is 84.0. The Kier molecular flexibility index (Phi) is 42.0. The van der Waals surface area contributed by atoms with Gasteiger partial charge in [0.1, 0.15) is 51.5 Å². The van der Waals surface area contributed by atoms with Gasteiger partial charge in [0.25, 0.3) is 0 Å². The summed E-state index contributed by atoms with van der Waals surface area (Å²) >= 11 is 0. The predicted octanol–water partition coefficient (Wildman–Crippen LogP) is 6.90. The minimum Gasteiger partial charge on any atom is -0.505 e. The monoisotopic (exact) mass is 1350 g/mol. The molecule has 0 bridgehead atoms. The first kappa shape index (κ1) is 82.0. The van der Waals surface area contributed by atoms with Gasteiger partial charge in [-0.3, -0.25) is 9.59 Å². The van der Waals surface area contributed by atoms with Gasteiger partial charge in [0, 0.05) is 38.2 Å². The fourth-order valence-corrected chi connectivity index (χ4v) is 8.66. The van der Waals surface area contributed by atoms with E-state index >= 15 is 0 Å². The maximum absolute atomic E-state index is 12.4. The Morgan fingerprint density at radius 2 is 0.635 bits per heavy atom. The minimum atomic E-state index is -0.331. The SMILES string of the molecule is COC(=O)CCc1cc(-n2nc3ccccc3n2)c(O)c(C(C)(C)C)c1.COCCOCCOCCOCCOCCOCCOCCO.COCCOCCOCCOCCOCCOCCOCCOC(=O)CCc1cc(-n2nc3ccccc3n2)c(O)c(C(C)(C)C)c1. The summed E-state index contributed by atoms with van der Waals surface area (Å²) in [7, 11) is 4.66. The third-order valence-electron chi connectivity index (χ3n) is 13.7. The van der Waals surface area contributed by atoms with Gasteiger partial charge in [-0.25, -0.2) is 0 Å². The second-order valence-electron chi connectivity index (χ2n) is 23.3. The van der Waals surface area contributed by atoms with Crippen molar-refractivity contribution in [3.8, 4) is 22.9 Å². The molecule has 0 saturated heterocycles. The zero-order valence-corrected chi connectivity index (χ0v) is 57.9. The molecular weight excluding hydrogens is 1250 g/mol. The average Bonchev–Trinajstić information content (AvgIpc) is 1.47. The highest BCUT2D eigenvalue weighted by Gasteiger charge is 2.25. The number of benzene rings is 4. The van der Waals surface area contributed by atoms with E-state index in [1.54, 1.807) is 14.2 Å². The van der Waals surface area contributed by atoms with Crippen LogP contribution < -0.4 is 0 Å². The Hall–Kier alpha value is -6.38. The number of carbonyl (C=O) groups is 2. The Balaban J connectivity index is 0.000000337. The Labute approximate surface area is 565 Å². The number of hydrogen-bond acceptors (Lipinski definition) is 25. The van der Waals surface area contributed by atoms with Crippen LogP contribution in [0.3, 0.4) is 0 Å². The second kappa shape index (κ2) is 49.2. The largest absolute Gasteiger partial charge is 0.505 e. The van der Waals surface area contributed by atoms with Gasteiger partial charge in [-0.2, -0.15) is 0 Å². The molecule has 27 nitrogen and oxygen atoms in total. The zero-order valence-electron chi connectivity index (χ0n) is 57.9. The smallest absolute Gasteiger partial charge is 0.306 e. The van der Waals surface area contributed by atoms with Gasteiger partial charge < -0.3 is 91.1 Å². The number of aromatic hydroxyl groups is 2. The summed E-state index contributed by atoms with van der Waals surface area (Å²) in [4.78, 5) is 26.8. The quantitative estimate of drug-likeness (QED) is 0.0258. The summed E-state index contributed by atoms with van der Waals surface area (Å²) in [5.41, 5.74) is 6.70. The summed E-state index contributed by atoms with van der Waals surface area (Å²) in [6.07, 6.45) is 1.43.